The van der Waals surface area contributed by atoms with Gasteiger partial charge in [-0.05, 0) is 38.8 Å². The first-order valence-corrected chi connectivity index (χ1v) is 7.08. The second-order valence-electron chi connectivity index (χ2n) is 5.47. The average Bonchev–Trinajstić information content (AvgIpc) is 3.09. The van der Waals surface area contributed by atoms with E-state index in [-0.39, 0.29) is 5.91 Å². The number of likely N-dealkylation sites (tertiary alicyclic amines) is 2. The summed E-state index contributed by atoms with van der Waals surface area (Å²) >= 11 is 0. The van der Waals surface area contributed by atoms with E-state index in [1.165, 1.54) is 25.9 Å². The van der Waals surface area contributed by atoms with E-state index in [4.69, 9.17) is 5.73 Å². The Balaban J connectivity index is 1.56. The second kappa shape index (κ2) is 5.21. The van der Waals surface area contributed by atoms with Crippen molar-refractivity contribution in [3.63, 3.8) is 0 Å². The molecule has 104 valence electrons. The predicted molar refractivity (Wildman–Crippen MR) is 72.7 cm³/mol. The Morgan fingerprint density at radius 3 is 2.53 bits per heavy atom. The molecule has 1 amide bonds. The van der Waals surface area contributed by atoms with Crippen molar-refractivity contribution < 1.29 is 4.79 Å². The van der Waals surface area contributed by atoms with Gasteiger partial charge in [0.15, 0.2) is 0 Å². The van der Waals surface area contributed by atoms with Crippen molar-refractivity contribution in [3.05, 3.63) is 11.8 Å². The van der Waals surface area contributed by atoms with Crippen molar-refractivity contribution in [1.82, 2.24) is 20.0 Å². The molecule has 2 fully saturated rings. The van der Waals surface area contributed by atoms with Crippen LogP contribution < -0.4 is 5.73 Å². The fraction of sp³-hybridized carbons (Fsp3) is 0.692. The number of carbonyl (C=O) groups excluding carboxylic acids is 1. The topological polar surface area (TPSA) is 78.3 Å². The van der Waals surface area contributed by atoms with Gasteiger partial charge in [-0.2, -0.15) is 5.10 Å². The lowest BCUT2D eigenvalue weighted by Gasteiger charge is -2.36. The minimum absolute atomic E-state index is 0.0177. The molecule has 0 saturated carbocycles. The van der Waals surface area contributed by atoms with Gasteiger partial charge in [0.2, 0.25) is 0 Å². The molecule has 0 radical (unpaired) electrons. The molecule has 6 heteroatoms. The van der Waals surface area contributed by atoms with Gasteiger partial charge in [0.25, 0.3) is 5.91 Å². The normalized spacial score (nSPS) is 22.0. The van der Waals surface area contributed by atoms with Crippen LogP contribution in [0.5, 0.6) is 0 Å². The number of aromatic nitrogens is 2. The van der Waals surface area contributed by atoms with E-state index in [0.29, 0.717) is 17.6 Å². The van der Waals surface area contributed by atoms with E-state index in [0.717, 1.165) is 25.9 Å². The van der Waals surface area contributed by atoms with Crippen LogP contribution in [0.4, 0.5) is 5.82 Å². The maximum Gasteiger partial charge on any atom is 0.271 e. The fourth-order valence-electron chi connectivity index (χ4n) is 3.16. The number of hydrogen-bond acceptors (Lipinski definition) is 4. The zero-order valence-corrected chi connectivity index (χ0v) is 11.1. The molecule has 2 aliphatic heterocycles. The summed E-state index contributed by atoms with van der Waals surface area (Å²) in [6.45, 7) is 4.13. The monoisotopic (exact) mass is 263 g/mol. The molecule has 3 N–H and O–H groups in total. The van der Waals surface area contributed by atoms with E-state index in [9.17, 15) is 4.79 Å². The Hall–Kier alpha value is -1.56. The number of anilines is 1. The van der Waals surface area contributed by atoms with E-state index >= 15 is 0 Å². The summed E-state index contributed by atoms with van der Waals surface area (Å²) in [5, 5.41) is 6.50. The molecule has 19 heavy (non-hydrogen) atoms. The summed E-state index contributed by atoms with van der Waals surface area (Å²) in [7, 11) is 0. The first kappa shape index (κ1) is 12.5. The standard InChI is InChI=1S/C13H21N5O/c14-12-9-11(15-16-12)13(19)18-7-3-10(4-8-18)17-5-1-2-6-17/h9-10H,1-8H2,(H3,14,15,16). The highest BCUT2D eigenvalue weighted by Gasteiger charge is 2.29. The first-order valence-electron chi connectivity index (χ1n) is 7.08. The molecular weight excluding hydrogens is 242 g/mol. The van der Waals surface area contributed by atoms with Gasteiger partial charge in [-0.3, -0.25) is 9.89 Å². The lowest BCUT2D eigenvalue weighted by atomic mass is 10.0. The lowest BCUT2D eigenvalue weighted by molar-refractivity contribution is 0.0639. The summed E-state index contributed by atoms with van der Waals surface area (Å²) in [6, 6.07) is 2.27. The summed E-state index contributed by atoms with van der Waals surface area (Å²) in [6.07, 6.45) is 4.81. The number of nitrogen functional groups attached to an aromatic ring is 1. The molecule has 0 aliphatic carbocycles. The zero-order valence-electron chi connectivity index (χ0n) is 11.1. The van der Waals surface area contributed by atoms with Crippen molar-refractivity contribution in [3.8, 4) is 0 Å². The maximum atomic E-state index is 12.2. The second-order valence-corrected chi connectivity index (χ2v) is 5.47. The highest BCUT2D eigenvalue weighted by atomic mass is 16.2. The number of piperidine rings is 1. The summed E-state index contributed by atoms with van der Waals surface area (Å²) < 4.78 is 0. The van der Waals surface area contributed by atoms with Crippen LogP contribution >= 0.6 is 0 Å². The summed E-state index contributed by atoms with van der Waals surface area (Å²) in [5.74, 6) is 0.388. The van der Waals surface area contributed by atoms with Crippen LogP contribution in [0.2, 0.25) is 0 Å². The predicted octanol–water partition coefficient (Wildman–Crippen LogP) is 0.692. The molecule has 2 saturated heterocycles. The van der Waals surface area contributed by atoms with Gasteiger partial charge < -0.3 is 15.5 Å². The van der Waals surface area contributed by atoms with Gasteiger partial charge in [-0.1, -0.05) is 0 Å². The largest absolute Gasteiger partial charge is 0.382 e. The lowest BCUT2D eigenvalue weighted by Crippen LogP contribution is -2.46. The third-order valence-corrected chi connectivity index (χ3v) is 4.24. The Labute approximate surface area is 112 Å². The van der Waals surface area contributed by atoms with E-state index < -0.39 is 0 Å². The smallest absolute Gasteiger partial charge is 0.271 e. The maximum absolute atomic E-state index is 12.2. The van der Waals surface area contributed by atoms with Gasteiger partial charge in [0.05, 0.1) is 0 Å². The van der Waals surface area contributed by atoms with Crippen molar-refractivity contribution in [2.24, 2.45) is 0 Å². The number of carbonyl (C=O) groups is 1. The van der Waals surface area contributed by atoms with Crippen molar-refractivity contribution in [2.75, 3.05) is 31.9 Å². The van der Waals surface area contributed by atoms with Crippen LogP contribution in [0.3, 0.4) is 0 Å². The summed E-state index contributed by atoms with van der Waals surface area (Å²) in [5.41, 5.74) is 6.03. The number of amides is 1. The van der Waals surface area contributed by atoms with Crippen LogP contribution in [0.1, 0.15) is 36.2 Å². The van der Waals surface area contributed by atoms with Gasteiger partial charge in [0, 0.05) is 25.2 Å². The first-order chi connectivity index (χ1) is 9.24. The van der Waals surface area contributed by atoms with Gasteiger partial charge >= 0.3 is 0 Å². The van der Waals surface area contributed by atoms with Crippen LogP contribution in [0.15, 0.2) is 6.07 Å². The van der Waals surface area contributed by atoms with Crippen molar-refractivity contribution >= 4 is 11.7 Å². The number of nitrogens with one attached hydrogen (secondary N) is 1. The van der Waals surface area contributed by atoms with Crippen molar-refractivity contribution in [2.45, 2.75) is 31.7 Å². The Bertz CT molecular complexity index is 444. The average molecular weight is 263 g/mol. The van der Waals surface area contributed by atoms with Crippen LogP contribution in [0, 0.1) is 0 Å². The SMILES string of the molecule is Nc1cc(C(=O)N2CCC(N3CCCC3)CC2)[nH]n1. The number of aromatic amines is 1. The van der Waals surface area contributed by atoms with Gasteiger partial charge in [0.1, 0.15) is 11.5 Å². The highest BCUT2D eigenvalue weighted by molar-refractivity contribution is 5.93. The molecule has 3 heterocycles. The molecular formula is C13H21N5O. The third-order valence-electron chi connectivity index (χ3n) is 4.24. The molecule has 6 nitrogen and oxygen atoms in total. The van der Waals surface area contributed by atoms with Crippen LogP contribution in [-0.2, 0) is 0 Å². The van der Waals surface area contributed by atoms with Gasteiger partial charge in [-0.25, -0.2) is 0 Å². The fourth-order valence-corrected chi connectivity index (χ4v) is 3.16. The van der Waals surface area contributed by atoms with E-state index in [1.807, 2.05) is 4.90 Å². The van der Waals surface area contributed by atoms with Crippen molar-refractivity contribution in [1.29, 1.82) is 0 Å². The molecule has 2 aliphatic rings. The highest BCUT2D eigenvalue weighted by Crippen LogP contribution is 2.22. The Morgan fingerprint density at radius 1 is 1.26 bits per heavy atom. The van der Waals surface area contributed by atoms with Gasteiger partial charge in [-0.15, -0.1) is 0 Å². The Kier molecular flexibility index (Phi) is 3.42. The Morgan fingerprint density at radius 2 is 1.95 bits per heavy atom. The number of hydrogen-bond donors (Lipinski definition) is 2. The zero-order chi connectivity index (χ0) is 13.2. The van der Waals surface area contributed by atoms with Crippen LogP contribution in [-0.4, -0.2) is 58.1 Å². The molecule has 1 aromatic rings. The van der Waals surface area contributed by atoms with E-state index in [2.05, 4.69) is 15.1 Å². The molecule has 3 rings (SSSR count). The number of rotatable bonds is 2. The quantitative estimate of drug-likeness (QED) is 0.823. The molecule has 0 atom stereocenters. The molecule has 1 aromatic heterocycles. The molecule has 0 unspecified atom stereocenters. The summed E-state index contributed by atoms with van der Waals surface area (Å²) in [4.78, 5) is 16.7. The minimum atomic E-state index is 0.0177. The number of nitrogens with zero attached hydrogens (tertiary/aromatic N) is 3. The number of nitrogens with two attached hydrogens (primary N) is 1. The van der Waals surface area contributed by atoms with Crippen LogP contribution in [0.25, 0.3) is 0 Å². The third kappa shape index (κ3) is 2.58. The van der Waals surface area contributed by atoms with E-state index in [1.54, 1.807) is 6.07 Å². The number of H-pyrrole nitrogens is 1. The minimum Gasteiger partial charge on any atom is -0.382 e. The molecule has 0 spiro atoms. The molecule has 0 aromatic carbocycles. The molecule has 0 bridgehead atoms.